The van der Waals surface area contributed by atoms with Crippen molar-refractivity contribution < 1.29 is 18.8 Å². The van der Waals surface area contributed by atoms with E-state index in [0.29, 0.717) is 24.7 Å². The lowest BCUT2D eigenvalue weighted by atomic mass is 9.81. The lowest BCUT2D eigenvalue weighted by Gasteiger charge is -2.19. The second-order valence-corrected chi connectivity index (χ2v) is 8.05. The lowest BCUT2D eigenvalue weighted by molar-refractivity contribution is -0.140. The Balaban J connectivity index is 1.26. The lowest BCUT2D eigenvalue weighted by Crippen LogP contribution is -2.33. The molecule has 1 aromatic heterocycles. The fraction of sp³-hybridized carbons (Fsp3) is 0.500. The molecule has 2 fully saturated rings. The van der Waals surface area contributed by atoms with Gasteiger partial charge >= 0.3 is 0 Å². The second-order valence-electron chi connectivity index (χ2n) is 8.05. The first-order chi connectivity index (χ1) is 14.5. The Morgan fingerprint density at radius 2 is 1.77 bits per heavy atom. The van der Waals surface area contributed by atoms with Crippen molar-refractivity contribution in [2.75, 3.05) is 13.6 Å². The Morgan fingerprint density at radius 1 is 1.10 bits per heavy atom. The van der Waals surface area contributed by atoms with E-state index >= 15 is 0 Å². The van der Waals surface area contributed by atoms with Crippen molar-refractivity contribution in [1.29, 1.82) is 0 Å². The van der Waals surface area contributed by atoms with Gasteiger partial charge in [0.05, 0.1) is 18.4 Å². The van der Waals surface area contributed by atoms with Gasteiger partial charge in [-0.1, -0.05) is 31.0 Å². The summed E-state index contributed by atoms with van der Waals surface area (Å²) in [7, 11) is 1.68. The minimum Gasteiger partial charge on any atom is -0.419 e. The van der Waals surface area contributed by atoms with Crippen molar-refractivity contribution in [1.82, 2.24) is 20.0 Å². The molecule has 0 N–H and O–H groups in total. The van der Waals surface area contributed by atoms with Crippen molar-refractivity contribution in [2.45, 2.75) is 45.1 Å². The van der Waals surface area contributed by atoms with Gasteiger partial charge in [-0.05, 0) is 31.4 Å². The van der Waals surface area contributed by atoms with E-state index in [9.17, 15) is 14.4 Å². The zero-order chi connectivity index (χ0) is 21.1. The smallest absolute Gasteiger partial charge is 0.247 e. The van der Waals surface area contributed by atoms with Crippen LogP contribution in [0.2, 0.25) is 0 Å². The van der Waals surface area contributed by atoms with Crippen molar-refractivity contribution >= 4 is 17.7 Å². The van der Waals surface area contributed by atoms with E-state index in [2.05, 4.69) is 10.2 Å². The van der Waals surface area contributed by atoms with Gasteiger partial charge in [-0.15, -0.1) is 10.2 Å². The summed E-state index contributed by atoms with van der Waals surface area (Å²) in [6.45, 7) is 0.521. The summed E-state index contributed by atoms with van der Waals surface area (Å²) < 4.78 is 5.64. The van der Waals surface area contributed by atoms with Gasteiger partial charge in [0.2, 0.25) is 29.5 Å². The monoisotopic (exact) mass is 410 g/mol. The van der Waals surface area contributed by atoms with Gasteiger partial charge in [0.1, 0.15) is 0 Å². The molecule has 1 aliphatic carbocycles. The molecule has 0 radical (unpaired) electrons. The summed E-state index contributed by atoms with van der Waals surface area (Å²) in [6, 6.07) is 9.44. The Bertz CT molecular complexity index is 902. The largest absolute Gasteiger partial charge is 0.419 e. The van der Waals surface area contributed by atoms with Crippen LogP contribution in [-0.2, 0) is 20.9 Å². The number of nitrogens with zero attached hydrogens (tertiary/aromatic N) is 4. The molecular formula is C22H26N4O4. The number of amides is 3. The van der Waals surface area contributed by atoms with Gasteiger partial charge < -0.3 is 9.32 Å². The molecule has 8 heteroatoms. The molecule has 2 aromatic rings. The molecule has 1 saturated carbocycles. The van der Waals surface area contributed by atoms with E-state index in [-0.39, 0.29) is 42.5 Å². The van der Waals surface area contributed by atoms with Crippen LogP contribution in [0.15, 0.2) is 34.7 Å². The minimum atomic E-state index is -0.138. The molecule has 2 atom stereocenters. The van der Waals surface area contributed by atoms with E-state index in [1.54, 1.807) is 7.05 Å². The number of likely N-dealkylation sites (tertiary alicyclic amines) is 1. The number of benzene rings is 1. The van der Waals surface area contributed by atoms with Gasteiger partial charge in [0.25, 0.3) is 0 Å². The van der Waals surface area contributed by atoms with Crippen molar-refractivity contribution in [2.24, 2.45) is 11.8 Å². The molecule has 1 saturated heterocycles. The number of carbonyl (C=O) groups excluding carboxylic acids is 3. The highest BCUT2D eigenvalue weighted by molar-refractivity contribution is 6.05. The molecule has 4 rings (SSSR count). The third kappa shape index (κ3) is 4.13. The van der Waals surface area contributed by atoms with E-state index in [1.165, 1.54) is 9.80 Å². The molecule has 0 spiro atoms. The molecule has 2 heterocycles. The molecule has 30 heavy (non-hydrogen) atoms. The van der Waals surface area contributed by atoms with E-state index in [0.717, 1.165) is 31.2 Å². The number of aromatic nitrogens is 2. The highest BCUT2D eigenvalue weighted by atomic mass is 16.4. The number of carbonyl (C=O) groups is 3. The molecular weight excluding hydrogens is 384 g/mol. The molecule has 0 bridgehead atoms. The third-order valence-electron chi connectivity index (χ3n) is 5.99. The maximum Gasteiger partial charge on any atom is 0.247 e. The van der Waals surface area contributed by atoms with Gasteiger partial charge in [-0.2, -0.15) is 0 Å². The SMILES string of the molecule is CN(Cc1nnc(-c2ccccc2)o1)C(=O)CCCN1C(=O)[C@H]2CCCC[C@H]2C1=O. The standard InChI is InChI=1S/C22H26N4O4/c1-25(14-18-23-24-20(30-18)15-8-3-2-4-9-15)19(27)12-7-13-26-21(28)16-10-5-6-11-17(16)22(26)29/h2-4,8-9,16-17H,5-7,10-14H2,1H3/t16-,17+. The van der Waals surface area contributed by atoms with Crippen LogP contribution in [0.25, 0.3) is 11.5 Å². The molecule has 2 aliphatic rings. The van der Waals surface area contributed by atoms with Crippen LogP contribution in [0.3, 0.4) is 0 Å². The van der Waals surface area contributed by atoms with Gasteiger partial charge in [0.15, 0.2) is 0 Å². The number of rotatable bonds is 7. The zero-order valence-corrected chi connectivity index (χ0v) is 17.1. The first-order valence-electron chi connectivity index (χ1n) is 10.5. The maximum absolute atomic E-state index is 12.5. The van der Waals surface area contributed by atoms with Crippen LogP contribution in [0.5, 0.6) is 0 Å². The first kappa shape index (κ1) is 20.3. The topological polar surface area (TPSA) is 96.6 Å². The highest BCUT2D eigenvalue weighted by Gasteiger charge is 2.47. The summed E-state index contributed by atoms with van der Waals surface area (Å²) in [5, 5.41) is 8.04. The number of hydrogen-bond donors (Lipinski definition) is 0. The zero-order valence-electron chi connectivity index (χ0n) is 17.1. The van der Waals surface area contributed by atoms with Crippen LogP contribution in [0, 0.1) is 11.8 Å². The predicted octanol–water partition coefficient (Wildman–Crippen LogP) is 2.65. The average molecular weight is 410 g/mol. The molecule has 3 amide bonds. The summed E-state index contributed by atoms with van der Waals surface area (Å²) in [5.74, 6) is 0.306. The number of fused-ring (bicyclic) bond motifs is 1. The Kier molecular flexibility index (Phi) is 5.92. The minimum absolute atomic E-state index is 0.0511. The summed E-state index contributed by atoms with van der Waals surface area (Å²) >= 11 is 0. The summed E-state index contributed by atoms with van der Waals surface area (Å²) in [4.78, 5) is 40.4. The Morgan fingerprint density at radius 3 is 2.43 bits per heavy atom. The predicted molar refractivity (Wildman–Crippen MR) is 108 cm³/mol. The maximum atomic E-state index is 12.5. The summed E-state index contributed by atoms with van der Waals surface area (Å²) in [5.41, 5.74) is 0.825. The van der Waals surface area contributed by atoms with E-state index in [4.69, 9.17) is 4.42 Å². The molecule has 1 aromatic carbocycles. The fourth-order valence-electron chi connectivity index (χ4n) is 4.34. The van der Waals surface area contributed by atoms with Crippen LogP contribution in [-0.4, -0.2) is 51.3 Å². The van der Waals surface area contributed by atoms with Crippen LogP contribution < -0.4 is 0 Å². The highest BCUT2D eigenvalue weighted by Crippen LogP contribution is 2.38. The molecule has 1 aliphatic heterocycles. The van der Waals surface area contributed by atoms with E-state index < -0.39 is 0 Å². The van der Waals surface area contributed by atoms with Crippen LogP contribution >= 0.6 is 0 Å². The first-order valence-corrected chi connectivity index (χ1v) is 10.5. The van der Waals surface area contributed by atoms with E-state index in [1.807, 2.05) is 30.3 Å². The molecule has 8 nitrogen and oxygen atoms in total. The average Bonchev–Trinajstić information content (AvgIpc) is 3.33. The normalized spacial score (nSPS) is 21.0. The quantitative estimate of drug-likeness (QED) is 0.651. The summed E-state index contributed by atoms with van der Waals surface area (Å²) in [6.07, 6.45) is 4.35. The van der Waals surface area contributed by atoms with Crippen molar-refractivity contribution in [3.8, 4) is 11.5 Å². The molecule has 0 unspecified atom stereocenters. The molecule has 158 valence electrons. The van der Waals surface area contributed by atoms with Crippen LogP contribution in [0.1, 0.15) is 44.4 Å². The van der Waals surface area contributed by atoms with Crippen LogP contribution in [0.4, 0.5) is 0 Å². The Labute approximate surface area is 175 Å². The van der Waals surface area contributed by atoms with Crippen molar-refractivity contribution in [3.63, 3.8) is 0 Å². The van der Waals surface area contributed by atoms with Gasteiger partial charge in [-0.25, -0.2) is 0 Å². The number of hydrogen-bond acceptors (Lipinski definition) is 6. The third-order valence-corrected chi connectivity index (χ3v) is 5.99. The van der Waals surface area contributed by atoms with Gasteiger partial charge in [-0.3, -0.25) is 19.3 Å². The fourth-order valence-corrected chi connectivity index (χ4v) is 4.34. The Hall–Kier alpha value is -3.03. The van der Waals surface area contributed by atoms with Crippen molar-refractivity contribution in [3.05, 3.63) is 36.2 Å². The second kappa shape index (κ2) is 8.77. The number of imide groups is 1. The van der Waals surface area contributed by atoms with Gasteiger partial charge in [0, 0.05) is 25.6 Å².